The van der Waals surface area contributed by atoms with E-state index in [2.05, 4.69) is 5.10 Å². The van der Waals surface area contributed by atoms with Gasteiger partial charge in [-0.25, -0.2) is 4.90 Å². The van der Waals surface area contributed by atoms with Crippen LogP contribution in [0.1, 0.15) is 18.4 Å². The van der Waals surface area contributed by atoms with Crippen molar-refractivity contribution in [2.24, 2.45) is 11.8 Å². The molecule has 2 aromatic rings. The van der Waals surface area contributed by atoms with Crippen molar-refractivity contribution in [3.05, 3.63) is 47.1 Å². The zero-order valence-corrected chi connectivity index (χ0v) is 14.1. The van der Waals surface area contributed by atoms with E-state index in [1.54, 1.807) is 16.9 Å². The zero-order valence-electron chi connectivity index (χ0n) is 13.3. The zero-order chi connectivity index (χ0) is 17.1. The molecule has 2 bridgehead atoms. The molecule has 1 aromatic heterocycles. The van der Waals surface area contributed by atoms with Crippen LogP contribution < -0.4 is 4.90 Å². The Hall–Kier alpha value is -2.18. The number of halogens is 1. The number of carbonyl (C=O) groups excluding carboxylic acids is 2. The van der Waals surface area contributed by atoms with Crippen LogP contribution in [0.15, 0.2) is 36.5 Å². The molecule has 7 heteroatoms. The van der Waals surface area contributed by atoms with Gasteiger partial charge in [0.05, 0.1) is 30.6 Å². The Morgan fingerprint density at radius 3 is 2.32 bits per heavy atom. The van der Waals surface area contributed by atoms with Crippen molar-refractivity contribution in [1.82, 2.24) is 9.78 Å². The van der Waals surface area contributed by atoms with Crippen molar-refractivity contribution in [3.8, 4) is 0 Å². The van der Waals surface area contributed by atoms with Crippen LogP contribution in [0, 0.1) is 11.8 Å². The molecule has 1 aromatic carbocycles. The summed E-state index contributed by atoms with van der Waals surface area (Å²) in [5.74, 6) is -0.587. The van der Waals surface area contributed by atoms with Crippen molar-refractivity contribution >= 4 is 29.2 Å². The minimum atomic E-state index is -0.326. The van der Waals surface area contributed by atoms with E-state index in [4.69, 9.17) is 16.3 Å². The van der Waals surface area contributed by atoms with Crippen LogP contribution in [0.3, 0.4) is 0 Å². The molecule has 3 fully saturated rings. The SMILES string of the molecule is O=C1[C@@H]2[C@@H](C(=O)N1c1ccn(Cc3ccc(Cl)cc3)n1)[C@H]1CC[C@H]2O1. The molecule has 0 radical (unpaired) electrons. The third-order valence-electron chi connectivity index (χ3n) is 5.40. The number of aromatic nitrogens is 2. The van der Waals surface area contributed by atoms with Gasteiger partial charge in [0, 0.05) is 17.3 Å². The molecule has 4 atom stereocenters. The third kappa shape index (κ3) is 2.24. The summed E-state index contributed by atoms with van der Waals surface area (Å²) in [5.41, 5.74) is 1.04. The summed E-state index contributed by atoms with van der Waals surface area (Å²) < 4.78 is 7.47. The van der Waals surface area contributed by atoms with E-state index < -0.39 is 0 Å². The Morgan fingerprint density at radius 1 is 1.04 bits per heavy atom. The normalized spacial score (nSPS) is 30.4. The lowest BCUT2D eigenvalue weighted by Gasteiger charge is -2.15. The van der Waals surface area contributed by atoms with Crippen LogP contribution in [-0.4, -0.2) is 33.8 Å². The third-order valence-corrected chi connectivity index (χ3v) is 5.65. The molecule has 3 aliphatic rings. The molecule has 0 N–H and O–H groups in total. The van der Waals surface area contributed by atoms with Crippen LogP contribution in [-0.2, 0) is 20.9 Å². The molecule has 4 heterocycles. The fourth-order valence-corrected chi connectivity index (χ4v) is 4.40. The number of imide groups is 1. The van der Waals surface area contributed by atoms with E-state index >= 15 is 0 Å². The summed E-state index contributed by atoms with van der Waals surface area (Å²) in [6, 6.07) is 9.22. The van der Waals surface area contributed by atoms with Gasteiger partial charge in [0.25, 0.3) is 0 Å². The van der Waals surface area contributed by atoms with Gasteiger partial charge in [-0.2, -0.15) is 5.10 Å². The van der Waals surface area contributed by atoms with Crippen molar-refractivity contribution < 1.29 is 14.3 Å². The average Bonchev–Trinajstić information content (AvgIpc) is 3.35. The lowest BCUT2D eigenvalue weighted by Crippen LogP contribution is -2.34. The molecule has 6 nitrogen and oxygen atoms in total. The number of amides is 2. The molecule has 128 valence electrons. The van der Waals surface area contributed by atoms with Gasteiger partial charge in [0.1, 0.15) is 0 Å². The Balaban J connectivity index is 1.39. The number of benzene rings is 1. The lowest BCUT2D eigenvalue weighted by atomic mass is 9.81. The Kier molecular flexibility index (Phi) is 3.27. The largest absolute Gasteiger partial charge is 0.373 e. The standard InChI is InChI=1S/C18H16ClN3O3/c19-11-3-1-10(2-4-11)9-21-8-7-14(20-21)22-17(23)15-12-5-6-13(25-12)16(15)18(22)24/h1-4,7-8,12-13,15-16H,5-6,9H2/t12-,13-,15+,16+/m1/s1. The molecule has 0 saturated carbocycles. The highest BCUT2D eigenvalue weighted by Crippen LogP contribution is 2.49. The monoisotopic (exact) mass is 357 g/mol. The predicted molar refractivity (Wildman–Crippen MR) is 90.1 cm³/mol. The smallest absolute Gasteiger partial charge is 0.241 e. The molecule has 25 heavy (non-hydrogen) atoms. The maximum Gasteiger partial charge on any atom is 0.241 e. The van der Waals surface area contributed by atoms with Crippen molar-refractivity contribution in [1.29, 1.82) is 0 Å². The fraction of sp³-hybridized carbons (Fsp3) is 0.389. The Bertz CT molecular complexity index is 835. The first-order valence-electron chi connectivity index (χ1n) is 8.43. The summed E-state index contributed by atoms with van der Waals surface area (Å²) in [6.07, 6.45) is 3.30. The van der Waals surface area contributed by atoms with Gasteiger partial charge in [0.15, 0.2) is 5.82 Å². The van der Waals surface area contributed by atoms with E-state index in [1.165, 1.54) is 4.90 Å². The highest BCUT2D eigenvalue weighted by atomic mass is 35.5. The minimum absolute atomic E-state index is 0.104. The van der Waals surface area contributed by atoms with Gasteiger partial charge in [-0.1, -0.05) is 23.7 Å². The number of fused-ring (bicyclic) bond motifs is 5. The number of carbonyl (C=O) groups is 2. The molecule has 3 aliphatic heterocycles. The average molecular weight is 358 g/mol. The first-order chi connectivity index (χ1) is 12.1. The quantitative estimate of drug-likeness (QED) is 0.790. The van der Waals surface area contributed by atoms with Gasteiger partial charge in [-0.05, 0) is 30.5 Å². The first-order valence-corrected chi connectivity index (χ1v) is 8.81. The number of ether oxygens (including phenoxy) is 1. The van der Waals surface area contributed by atoms with E-state index in [1.807, 2.05) is 24.3 Å². The highest BCUT2D eigenvalue weighted by Gasteiger charge is 2.63. The van der Waals surface area contributed by atoms with Gasteiger partial charge in [0.2, 0.25) is 11.8 Å². The van der Waals surface area contributed by atoms with Crippen LogP contribution >= 0.6 is 11.6 Å². The number of nitrogens with zero attached hydrogens (tertiary/aromatic N) is 3. The first kappa shape index (κ1) is 15.1. The molecular formula is C18H16ClN3O3. The van der Waals surface area contributed by atoms with Gasteiger partial charge in [-0.3, -0.25) is 14.3 Å². The Morgan fingerprint density at radius 2 is 1.68 bits per heavy atom. The van der Waals surface area contributed by atoms with Gasteiger partial charge >= 0.3 is 0 Å². The highest BCUT2D eigenvalue weighted by molar-refractivity contribution is 6.30. The van der Waals surface area contributed by atoms with Gasteiger partial charge < -0.3 is 4.74 Å². The second-order valence-corrected chi connectivity index (χ2v) is 7.29. The Labute approximate surface area is 149 Å². The molecular weight excluding hydrogens is 342 g/mol. The fourth-order valence-electron chi connectivity index (χ4n) is 4.27. The van der Waals surface area contributed by atoms with Crippen LogP contribution in [0.25, 0.3) is 0 Å². The molecule has 5 rings (SSSR count). The molecule has 0 unspecified atom stereocenters. The predicted octanol–water partition coefficient (Wildman–Crippen LogP) is 2.25. The number of hydrogen-bond acceptors (Lipinski definition) is 4. The number of rotatable bonds is 3. The van der Waals surface area contributed by atoms with Crippen molar-refractivity contribution in [3.63, 3.8) is 0 Å². The minimum Gasteiger partial charge on any atom is -0.373 e. The van der Waals surface area contributed by atoms with E-state index in [0.717, 1.165) is 18.4 Å². The van der Waals surface area contributed by atoms with E-state index in [0.29, 0.717) is 17.4 Å². The topological polar surface area (TPSA) is 64.4 Å². The van der Waals surface area contributed by atoms with Gasteiger partial charge in [-0.15, -0.1) is 0 Å². The molecule has 2 amide bonds. The summed E-state index contributed by atoms with van der Waals surface area (Å²) in [7, 11) is 0. The van der Waals surface area contributed by atoms with Crippen molar-refractivity contribution in [2.75, 3.05) is 4.90 Å². The van der Waals surface area contributed by atoms with E-state index in [-0.39, 0.29) is 35.9 Å². The van der Waals surface area contributed by atoms with E-state index in [9.17, 15) is 9.59 Å². The summed E-state index contributed by atoms with van der Waals surface area (Å²) in [5, 5.41) is 5.12. The second kappa shape index (κ2) is 5.41. The summed E-state index contributed by atoms with van der Waals surface area (Å²) in [4.78, 5) is 26.8. The number of anilines is 1. The molecule has 3 saturated heterocycles. The summed E-state index contributed by atoms with van der Waals surface area (Å²) in [6.45, 7) is 0.550. The number of hydrogen-bond donors (Lipinski definition) is 0. The lowest BCUT2D eigenvalue weighted by molar-refractivity contribution is -0.124. The van der Waals surface area contributed by atoms with Crippen LogP contribution in [0.4, 0.5) is 5.82 Å². The maximum absolute atomic E-state index is 12.8. The van der Waals surface area contributed by atoms with Crippen molar-refractivity contribution in [2.45, 2.75) is 31.6 Å². The van der Waals surface area contributed by atoms with Crippen LogP contribution in [0.5, 0.6) is 0 Å². The molecule has 0 aliphatic carbocycles. The van der Waals surface area contributed by atoms with Crippen LogP contribution in [0.2, 0.25) is 5.02 Å². The maximum atomic E-state index is 12.8. The summed E-state index contributed by atoms with van der Waals surface area (Å²) >= 11 is 5.90. The second-order valence-electron chi connectivity index (χ2n) is 6.85. The molecule has 0 spiro atoms.